The van der Waals surface area contributed by atoms with Gasteiger partial charge in [0.2, 0.25) is 10.0 Å². The Morgan fingerprint density at radius 1 is 1.19 bits per heavy atom. The van der Waals surface area contributed by atoms with Crippen molar-refractivity contribution in [2.75, 3.05) is 13.6 Å². The van der Waals surface area contributed by atoms with Gasteiger partial charge in [0.15, 0.2) is 0 Å². The zero-order valence-electron chi connectivity index (χ0n) is 17.8. The Balaban J connectivity index is 1.83. The standard InChI is InChI=1S/C23H28N4O3S/c1-26(21-10-3-2-4-11-21)31(29,30)22-12-5-9-20(16-22)23(28)27(15-7-13-24)18-19-8-6-14-25-17-19/h5-6,8-9,12,14,16-17,21H,2-4,7,10-11,15,18H2,1H3. The van der Waals surface area contributed by atoms with Crippen molar-refractivity contribution in [2.24, 2.45) is 0 Å². The van der Waals surface area contributed by atoms with Gasteiger partial charge in [0.1, 0.15) is 0 Å². The first-order valence-electron chi connectivity index (χ1n) is 10.6. The van der Waals surface area contributed by atoms with Crippen molar-refractivity contribution >= 4 is 15.9 Å². The van der Waals surface area contributed by atoms with E-state index >= 15 is 0 Å². The second-order valence-electron chi connectivity index (χ2n) is 7.84. The second kappa shape index (κ2) is 10.5. The predicted octanol–water partition coefficient (Wildman–Crippen LogP) is 3.59. The third kappa shape index (κ3) is 5.69. The fraction of sp³-hybridized carbons (Fsp3) is 0.435. The van der Waals surface area contributed by atoms with Crippen LogP contribution in [-0.2, 0) is 16.6 Å². The molecule has 1 aliphatic rings. The summed E-state index contributed by atoms with van der Waals surface area (Å²) in [7, 11) is -2.07. The first-order valence-corrected chi connectivity index (χ1v) is 12.0. The summed E-state index contributed by atoms with van der Waals surface area (Å²) in [6, 6.07) is 11.9. The van der Waals surface area contributed by atoms with Gasteiger partial charge < -0.3 is 4.90 Å². The molecule has 0 saturated heterocycles. The van der Waals surface area contributed by atoms with Crippen LogP contribution in [0.15, 0.2) is 53.7 Å². The number of rotatable bonds is 8. The monoisotopic (exact) mass is 440 g/mol. The van der Waals surface area contributed by atoms with E-state index in [1.54, 1.807) is 42.5 Å². The zero-order valence-corrected chi connectivity index (χ0v) is 18.6. The van der Waals surface area contributed by atoms with E-state index in [2.05, 4.69) is 11.1 Å². The first-order chi connectivity index (χ1) is 14.9. The summed E-state index contributed by atoms with van der Waals surface area (Å²) in [5, 5.41) is 8.98. The molecular weight excluding hydrogens is 412 g/mol. The van der Waals surface area contributed by atoms with E-state index < -0.39 is 10.0 Å². The molecule has 1 amide bonds. The van der Waals surface area contributed by atoms with Crippen molar-refractivity contribution in [3.05, 3.63) is 59.9 Å². The molecule has 0 unspecified atom stereocenters. The summed E-state index contributed by atoms with van der Waals surface area (Å²) in [5.74, 6) is -0.309. The Morgan fingerprint density at radius 2 is 1.97 bits per heavy atom. The minimum absolute atomic E-state index is 0.00387. The summed E-state index contributed by atoms with van der Waals surface area (Å²) in [6.07, 6.45) is 8.45. The SMILES string of the molecule is CN(C1CCCCC1)S(=O)(=O)c1cccc(C(=O)N(CCC#N)Cc2cccnc2)c1. The molecule has 0 spiro atoms. The fourth-order valence-corrected chi connectivity index (χ4v) is 5.39. The number of hydrogen-bond acceptors (Lipinski definition) is 5. The van der Waals surface area contributed by atoms with Gasteiger partial charge in [0.05, 0.1) is 17.4 Å². The number of hydrogen-bond donors (Lipinski definition) is 0. The molecule has 0 bridgehead atoms. The van der Waals surface area contributed by atoms with Crippen LogP contribution >= 0.6 is 0 Å². The van der Waals surface area contributed by atoms with Gasteiger partial charge in [-0.2, -0.15) is 9.57 Å². The minimum atomic E-state index is -3.70. The highest BCUT2D eigenvalue weighted by atomic mass is 32.2. The maximum Gasteiger partial charge on any atom is 0.254 e. The number of sulfonamides is 1. The molecule has 1 aromatic heterocycles. The molecule has 1 fully saturated rings. The normalized spacial score (nSPS) is 14.9. The summed E-state index contributed by atoms with van der Waals surface area (Å²) < 4.78 is 27.8. The molecule has 0 N–H and O–H groups in total. The lowest BCUT2D eigenvalue weighted by Gasteiger charge is -2.30. The van der Waals surface area contributed by atoms with Gasteiger partial charge in [0.25, 0.3) is 5.91 Å². The molecule has 0 atom stereocenters. The van der Waals surface area contributed by atoms with Gasteiger partial charge in [-0.05, 0) is 42.7 Å². The highest BCUT2D eigenvalue weighted by Crippen LogP contribution is 2.27. The molecule has 164 valence electrons. The molecule has 8 heteroatoms. The van der Waals surface area contributed by atoms with E-state index in [1.807, 2.05) is 6.07 Å². The molecule has 1 heterocycles. The van der Waals surface area contributed by atoms with E-state index in [0.717, 1.165) is 37.7 Å². The van der Waals surface area contributed by atoms with Crippen molar-refractivity contribution in [3.8, 4) is 6.07 Å². The van der Waals surface area contributed by atoms with E-state index in [4.69, 9.17) is 5.26 Å². The lowest BCUT2D eigenvalue weighted by atomic mass is 9.96. The van der Waals surface area contributed by atoms with Crippen LogP contribution in [0.4, 0.5) is 0 Å². The van der Waals surface area contributed by atoms with Crippen LogP contribution in [0.1, 0.15) is 54.4 Å². The molecule has 1 aliphatic carbocycles. The minimum Gasteiger partial charge on any atom is -0.333 e. The highest BCUT2D eigenvalue weighted by Gasteiger charge is 2.29. The van der Waals surface area contributed by atoms with Crippen LogP contribution in [0, 0.1) is 11.3 Å². The van der Waals surface area contributed by atoms with Crippen LogP contribution < -0.4 is 0 Å². The zero-order chi connectivity index (χ0) is 22.3. The van der Waals surface area contributed by atoms with Crippen molar-refractivity contribution in [1.29, 1.82) is 5.26 Å². The van der Waals surface area contributed by atoms with Gasteiger partial charge in [-0.3, -0.25) is 9.78 Å². The van der Waals surface area contributed by atoms with Gasteiger partial charge >= 0.3 is 0 Å². The third-order valence-electron chi connectivity index (χ3n) is 5.72. The molecule has 3 rings (SSSR count). The predicted molar refractivity (Wildman–Crippen MR) is 117 cm³/mol. The average Bonchev–Trinajstić information content (AvgIpc) is 2.82. The Labute approximate surface area is 184 Å². The quantitative estimate of drug-likeness (QED) is 0.625. The van der Waals surface area contributed by atoms with Crippen LogP contribution in [0.3, 0.4) is 0 Å². The number of nitrogens with zero attached hydrogens (tertiary/aromatic N) is 4. The highest BCUT2D eigenvalue weighted by molar-refractivity contribution is 7.89. The topological polar surface area (TPSA) is 94.4 Å². The fourth-order valence-electron chi connectivity index (χ4n) is 3.93. The van der Waals surface area contributed by atoms with Crippen LogP contribution in [-0.4, -0.2) is 48.1 Å². The Bertz CT molecular complexity index is 1030. The largest absolute Gasteiger partial charge is 0.333 e. The smallest absolute Gasteiger partial charge is 0.254 e. The van der Waals surface area contributed by atoms with Gasteiger partial charge in [-0.25, -0.2) is 8.42 Å². The van der Waals surface area contributed by atoms with E-state index in [1.165, 1.54) is 16.4 Å². The lowest BCUT2D eigenvalue weighted by molar-refractivity contribution is 0.0746. The maximum absolute atomic E-state index is 13.2. The summed E-state index contributed by atoms with van der Waals surface area (Å²) in [4.78, 5) is 18.9. The molecule has 0 aliphatic heterocycles. The van der Waals surface area contributed by atoms with Crippen molar-refractivity contribution in [2.45, 2.75) is 56.0 Å². The van der Waals surface area contributed by atoms with E-state index in [0.29, 0.717) is 12.1 Å². The molecule has 2 aromatic rings. The second-order valence-corrected chi connectivity index (χ2v) is 9.83. The summed E-state index contributed by atoms with van der Waals surface area (Å²) in [6.45, 7) is 0.552. The van der Waals surface area contributed by atoms with Gasteiger partial charge in [-0.15, -0.1) is 0 Å². The molecule has 1 aromatic carbocycles. The number of aromatic nitrogens is 1. The maximum atomic E-state index is 13.2. The number of nitriles is 1. The van der Waals surface area contributed by atoms with Crippen LogP contribution in [0.2, 0.25) is 0 Å². The van der Waals surface area contributed by atoms with Crippen LogP contribution in [0.5, 0.6) is 0 Å². The number of pyridine rings is 1. The van der Waals surface area contributed by atoms with Gasteiger partial charge in [-0.1, -0.05) is 31.4 Å². The average molecular weight is 441 g/mol. The Kier molecular flexibility index (Phi) is 7.77. The first kappa shape index (κ1) is 22.9. The summed E-state index contributed by atoms with van der Waals surface area (Å²) >= 11 is 0. The summed E-state index contributed by atoms with van der Waals surface area (Å²) in [5.41, 5.74) is 1.13. The van der Waals surface area contributed by atoms with Crippen molar-refractivity contribution < 1.29 is 13.2 Å². The molecule has 7 nitrogen and oxygen atoms in total. The third-order valence-corrected chi connectivity index (χ3v) is 7.63. The number of benzene rings is 1. The lowest BCUT2D eigenvalue weighted by Crippen LogP contribution is -2.38. The Hall–Kier alpha value is -2.76. The number of carbonyl (C=O) groups is 1. The molecular formula is C23H28N4O3S. The molecule has 31 heavy (non-hydrogen) atoms. The van der Waals surface area contributed by atoms with Gasteiger partial charge in [0, 0.05) is 44.1 Å². The van der Waals surface area contributed by atoms with E-state index in [-0.39, 0.29) is 29.8 Å². The number of carbonyl (C=O) groups excluding carboxylic acids is 1. The van der Waals surface area contributed by atoms with Crippen LogP contribution in [0.25, 0.3) is 0 Å². The number of amides is 1. The van der Waals surface area contributed by atoms with E-state index in [9.17, 15) is 13.2 Å². The molecule has 1 saturated carbocycles. The van der Waals surface area contributed by atoms with Crippen molar-refractivity contribution in [3.63, 3.8) is 0 Å². The molecule has 0 radical (unpaired) electrons. The Morgan fingerprint density at radius 3 is 2.65 bits per heavy atom. The van der Waals surface area contributed by atoms with Crippen molar-refractivity contribution in [1.82, 2.24) is 14.2 Å².